The zero-order valence-electron chi connectivity index (χ0n) is 15.7. The maximum absolute atomic E-state index is 12.9. The SMILES string of the molecule is CN1C(=O)[C@H](c2ccccc2)CC12CCN(CCN1CCCC1=O)CC2. The van der Waals surface area contributed by atoms with Crippen LogP contribution in [0.5, 0.6) is 0 Å². The normalized spacial score (nSPS) is 26.3. The van der Waals surface area contributed by atoms with Gasteiger partial charge >= 0.3 is 0 Å². The summed E-state index contributed by atoms with van der Waals surface area (Å²) in [6.07, 6.45) is 4.73. The van der Waals surface area contributed by atoms with Gasteiger partial charge in [-0.25, -0.2) is 0 Å². The topological polar surface area (TPSA) is 43.9 Å². The zero-order valence-corrected chi connectivity index (χ0v) is 15.7. The van der Waals surface area contributed by atoms with E-state index in [4.69, 9.17) is 0 Å². The second kappa shape index (κ2) is 7.03. The van der Waals surface area contributed by atoms with E-state index in [0.29, 0.717) is 5.91 Å². The van der Waals surface area contributed by atoms with Gasteiger partial charge in [0.15, 0.2) is 0 Å². The Hall–Kier alpha value is -1.88. The first-order valence-corrected chi connectivity index (χ1v) is 9.92. The number of amides is 2. The Bertz CT molecular complexity index is 667. The molecule has 4 rings (SSSR count). The molecule has 3 fully saturated rings. The maximum atomic E-state index is 12.9. The summed E-state index contributed by atoms with van der Waals surface area (Å²) in [6, 6.07) is 10.2. The molecule has 0 radical (unpaired) electrons. The van der Waals surface area contributed by atoms with Crippen LogP contribution in [0.15, 0.2) is 30.3 Å². The third-order valence-corrected chi connectivity index (χ3v) is 6.77. The summed E-state index contributed by atoms with van der Waals surface area (Å²) in [4.78, 5) is 31.1. The number of hydrogen-bond acceptors (Lipinski definition) is 3. The van der Waals surface area contributed by atoms with Gasteiger partial charge in [0.2, 0.25) is 11.8 Å². The summed E-state index contributed by atoms with van der Waals surface area (Å²) >= 11 is 0. The first-order chi connectivity index (χ1) is 12.6. The summed E-state index contributed by atoms with van der Waals surface area (Å²) in [6.45, 7) is 4.77. The Labute approximate surface area is 155 Å². The Kier molecular flexibility index (Phi) is 4.74. The van der Waals surface area contributed by atoms with Crippen LogP contribution in [0.1, 0.15) is 43.6 Å². The second-order valence-corrected chi connectivity index (χ2v) is 8.11. The summed E-state index contributed by atoms with van der Waals surface area (Å²) in [5, 5.41) is 0. The molecule has 3 saturated heterocycles. The molecule has 0 unspecified atom stereocenters. The van der Waals surface area contributed by atoms with Crippen molar-refractivity contribution in [1.82, 2.24) is 14.7 Å². The second-order valence-electron chi connectivity index (χ2n) is 8.11. The quantitative estimate of drug-likeness (QED) is 0.831. The molecule has 5 heteroatoms. The van der Waals surface area contributed by atoms with E-state index < -0.39 is 0 Å². The molecule has 0 saturated carbocycles. The van der Waals surface area contributed by atoms with Crippen LogP contribution in [-0.4, -0.2) is 71.8 Å². The molecule has 1 aromatic carbocycles. The first-order valence-electron chi connectivity index (χ1n) is 9.92. The number of piperidine rings is 1. The summed E-state index contributed by atoms with van der Waals surface area (Å²) < 4.78 is 0. The van der Waals surface area contributed by atoms with Gasteiger partial charge in [-0.05, 0) is 31.2 Å². The van der Waals surface area contributed by atoms with Crippen LogP contribution in [0.2, 0.25) is 0 Å². The van der Waals surface area contributed by atoms with Gasteiger partial charge < -0.3 is 14.7 Å². The first kappa shape index (κ1) is 17.5. The summed E-state index contributed by atoms with van der Waals surface area (Å²) in [7, 11) is 1.99. The molecule has 0 N–H and O–H groups in total. The summed E-state index contributed by atoms with van der Waals surface area (Å²) in [5.74, 6) is 0.590. The molecule has 3 aliphatic rings. The molecule has 5 nitrogen and oxygen atoms in total. The van der Waals surface area contributed by atoms with Crippen molar-refractivity contribution in [3.05, 3.63) is 35.9 Å². The molecule has 2 amide bonds. The lowest BCUT2D eigenvalue weighted by Crippen LogP contribution is -2.52. The third-order valence-electron chi connectivity index (χ3n) is 6.77. The van der Waals surface area contributed by atoms with Gasteiger partial charge in [0, 0.05) is 51.7 Å². The molecule has 140 valence electrons. The molecule has 0 bridgehead atoms. The highest BCUT2D eigenvalue weighted by molar-refractivity contribution is 5.87. The van der Waals surface area contributed by atoms with Gasteiger partial charge in [0.05, 0.1) is 5.92 Å². The van der Waals surface area contributed by atoms with E-state index in [-0.39, 0.29) is 17.4 Å². The van der Waals surface area contributed by atoms with E-state index in [9.17, 15) is 9.59 Å². The molecule has 26 heavy (non-hydrogen) atoms. The standard InChI is InChI=1S/C21H29N3O2/c1-22-20(26)18(17-6-3-2-4-7-17)16-21(22)9-12-23(13-10-21)14-15-24-11-5-8-19(24)25/h2-4,6-7,18H,5,8-16H2,1H3/t18-/m0/s1. The lowest BCUT2D eigenvalue weighted by atomic mass is 9.81. The van der Waals surface area contributed by atoms with Crippen molar-refractivity contribution in [3.8, 4) is 0 Å². The van der Waals surface area contributed by atoms with Crippen molar-refractivity contribution >= 4 is 11.8 Å². The molecule has 1 atom stereocenters. The van der Waals surface area contributed by atoms with E-state index in [1.807, 2.05) is 35.0 Å². The Balaban J connectivity index is 1.35. The smallest absolute Gasteiger partial charge is 0.230 e. The van der Waals surface area contributed by atoms with Crippen molar-refractivity contribution in [3.63, 3.8) is 0 Å². The van der Waals surface area contributed by atoms with Crippen LogP contribution in [-0.2, 0) is 9.59 Å². The highest BCUT2D eigenvalue weighted by Gasteiger charge is 2.50. The highest BCUT2D eigenvalue weighted by Crippen LogP contribution is 2.44. The Morgan fingerprint density at radius 2 is 1.77 bits per heavy atom. The molecule has 1 aromatic rings. The van der Waals surface area contributed by atoms with E-state index >= 15 is 0 Å². The molecule has 3 aliphatic heterocycles. The van der Waals surface area contributed by atoms with Crippen molar-refractivity contribution in [2.75, 3.05) is 39.8 Å². The molecule has 3 heterocycles. The minimum Gasteiger partial charge on any atom is -0.341 e. The summed E-state index contributed by atoms with van der Waals surface area (Å²) in [5.41, 5.74) is 1.16. The van der Waals surface area contributed by atoms with Crippen LogP contribution >= 0.6 is 0 Å². The molecule has 1 spiro atoms. The lowest BCUT2D eigenvalue weighted by Gasteiger charge is -2.43. The largest absolute Gasteiger partial charge is 0.341 e. The molecular weight excluding hydrogens is 326 g/mol. The van der Waals surface area contributed by atoms with Crippen LogP contribution in [0.25, 0.3) is 0 Å². The maximum Gasteiger partial charge on any atom is 0.230 e. The van der Waals surface area contributed by atoms with Crippen LogP contribution < -0.4 is 0 Å². The third kappa shape index (κ3) is 3.13. The minimum atomic E-state index is 0.00923. The van der Waals surface area contributed by atoms with Crippen molar-refractivity contribution in [1.29, 1.82) is 0 Å². The molecule has 0 aromatic heterocycles. The number of likely N-dealkylation sites (N-methyl/N-ethyl adjacent to an activating group) is 1. The van der Waals surface area contributed by atoms with Crippen molar-refractivity contribution in [2.45, 2.75) is 43.6 Å². The fourth-order valence-electron chi connectivity index (χ4n) is 4.95. The van der Waals surface area contributed by atoms with Gasteiger partial charge in [-0.3, -0.25) is 9.59 Å². The average Bonchev–Trinajstić information content (AvgIpc) is 3.19. The van der Waals surface area contributed by atoms with Gasteiger partial charge in [-0.2, -0.15) is 0 Å². The van der Waals surface area contributed by atoms with Crippen LogP contribution in [0.3, 0.4) is 0 Å². The minimum absolute atomic E-state index is 0.00923. The number of carbonyl (C=O) groups is 2. The van der Waals surface area contributed by atoms with E-state index in [1.165, 1.54) is 0 Å². The number of nitrogens with zero attached hydrogens (tertiary/aromatic N) is 3. The van der Waals surface area contributed by atoms with Gasteiger partial charge in [-0.15, -0.1) is 0 Å². The zero-order chi connectivity index (χ0) is 18.1. The number of benzene rings is 1. The fraction of sp³-hybridized carbons (Fsp3) is 0.619. The molecular formula is C21H29N3O2. The average molecular weight is 355 g/mol. The van der Waals surface area contributed by atoms with Crippen molar-refractivity contribution < 1.29 is 9.59 Å². The van der Waals surface area contributed by atoms with Crippen LogP contribution in [0.4, 0.5) is 0 Å². The number of hydrogen-bond donors (Lipinski definition) is 0. The number of likely N-dealkylation sites (tertiary alicyclic amines) is 3. The monoisotopic (exact) mass is 355 g/mol. The number of carbonyl (C=O) groups excluding carboxylic acids is 2. The lowest BCUT2D eigenvalue weighted by molar-refractivity contribution is -0.132. The van der Waals surface area contributed by atoms with Gasteiger partial charge in [-0.1, -0.05) is 30.3 Å². The molecule has 0 aliphatic carbocycles. The number of rotatable bonds is 4. The predicted octanol–water partition coefficient (Wildman–Crippen LogP) is 2.09. The predicted molar refractivity (Wildman–Crippen MR) is 101 cm³/mol. The highest BCUT2D eigenvalue weighted by atomic mass is 16.2. The Morgan fingerprint density at radius 1 is 1.04 bits per heavy atom. The Morgan fingerprint density at radius 3 is 2.42 bits per heavy atom. The van der Waals surface area contributed by atoms with Gasteiger partial charge in [0.25, 0.3) is 0 Å². The van der Waals surface area contributed by atoms with E-state index in [0.717, 1.165) is 70.4 Å². The van der Waals surface area contributed by atoms with E-state index in [2.05, 4.69) is 17.0 Å². The fourth-order valence-corrected chi connectivity index (χ4v) is 4.95. The van der Waals surface area contributed by atoms with Crippen LogP contribution in [0, 0.1) is 0 Å². The van der Waals surface area contributed by atoms with Gasteiger partial charge in [0.1, 0.15) is 0 Å². The van der Waals surface area contributed by atoms with Crippen molar-refractivity contribution in [2.24, 2.45) is 0 Å². The van der Waals surface area contributed by atoms with E-state index in [1.54, 1.807) is 0 Å².